The third-order valence-corrected chi connectivity index (χ3v) is 8.17. The molecule has 1 aliphatic heterocycles. The first-order valence-electron chi connectivity index (χ1n) is 11.6. The molecule has 4 aromatic rings. The maximum absolute atomic E-state index is 12.9. The van der Waals surface area contributed by atoms with Crippen molar-refractivity contribution in [2.24, 2.45) is 5.10 Å². The highest BCUT2D eigenvalue weighted by atomic mass is 79.9. The van der Waals surface area contributed by atoms with E-state index in [0.717, 1.165) is 33.4 Å². The minimum atomic E-state index is -3.86. The van der Waals surface area contributed by atoms with Crippen LogP contribution >= 0.6 is 28.1 Å². The molecule has 186 valence electrons. The monoisotopic (exact) mass is 590 g/mol. The first-order chi connectivity index (χ1) is 17.9. The van der Waals surface area contributed by atoms with Gasteiger partial charge in [0, 0.05) is 16.6 Å². The molecule has 0 bridgehead atoms. The third kappa shape index (κ3) is 5.90. The molecule has 2 N–H and O–H groups in total. The van der Waals surface area contributed by atoms with Gasteiger partial charge in [0.2, 0.25) is 0 Å². The summed E-state index contributed by atoms with van der Waals surface area (Å²) in [6.07, 6.45) is 0.729. The summed E-state index contributed by atoms with van der Waals surface area (Å²) >= 11 is 8.69. The second-order valence-corrected chi connectivity index (χ2v) is 11.5. The molecule has 4 aromatic carbocycles. The van der Waals surface area contributed by atoms with Crippen molar-refractivity contribution in [2.75, 3.05) is 10.3 Å². The van der Waals surface area contributed by atoms with Crippen molar-refractivity contribution in [3.8, 4) is 0 Å². The molecular formula is C28H23BrN4O2S2. The summed E-state index contributed by atoms with van der Waals surface area (Å²) in [5, 5.41) is 9.78. The van der Waals surface area contributed by atoms with Gasteiger partial charge in [-0.3, -0.25) is 9.73 Å². The van der Waals surface area contributed by atoms with Gasteiger partial charge >= 0.3 is 0 Å². The summed E-state index contributed by atoms with van der Waals surface area (Å²) in [6.45, 7) is 0. The van der Waals surface area contributed by atoms with Gasteiger partial charge in [-0.25, -0.2) is 8.42 Å². The molecule has 5 rings (SSSR count). The lowest BCUT2D eigenvalue weighted by atomic mass is 9.98. The van der Waals surface area contributed by atoms with Gasteiger partial charge in [-0.2, -0.15) is 5.10 Å². The molecule has 0 saturated heterocycles. The van der Waals surface area contributed by atoms with E-state index in [4.69, 9.17) is 17.3 Å². The molecule has 1 unspecified atom stereocenters. The Hall–Kier alpha value is -3.53. The van der Waals surface area contributed by atoms with E-state index in [1.165, 1.54) is 0 Å². The molecule has 6 nitrogen and oxygen atoms in total. The number of anilines is 2. The summed E-state index contributed by atoms with van der Waals surface area (Å²) in [4.78, 5) is 0.112. The highest BCUT2D eigenvalue weighted by Gasteiger charge is 2.30. The van der Waals surface area contributed by atoms with Gasteiger partial charge in [0.1, 0.15) is 0 Å². The minimum absolute atomic E-state index is 0.00250. The molecule has 9 heteroatoms. The number of benzene rings is 4. The van der Waals surface area contributed by atoms with E-state index < -0.39 is 10.0 Å². The maximum atomic E-state index is 12.9. The van der Waals surface area contributed by atoms with E-state index in [1.807, 2.05) is 65.7 Å². The van der Waals surface area contributed by atoms with Gasteiger partial charge in [0.05, 0.1) is 22.3 Å². The molecule has 0 radical (unpaired) electrons. The molecule has 0 fully saturated rings. The molecule has 0 aromatic heterocycles. The molecule has 0 aliphatic carbocycles. The van der Waals surface area contributed by atoms with Crippen molar-refractivity contribution >= 4 is 60.4 Å². The predicted molar refractivity (Wildman–Crippen MR) is 156 cm³/mol. The Morgan fingerprint density at radius 1 is 0.865 bits per heavy atom. The molecule has 37 heavy (non-hydrogen) atoms. The van der Waals surface area contributed by atoms with Crippen LogP contribution < -0.4 is 15.0 Å². The number of halogens is 1. The fraction of sp³-hybridized carbons (Fsp3) is 0.0714. The van der Waals surface area contributed by atoms with Crippen molar-refractivity contribution in [1.29, 1.82) is 0 Å². The van der Waals surface area contributed by atoms with Crippen molar-refractivity contribution < 1.29 is 8.42 Å². The molecular weight excluding hydrogens is 568 g/mol. The zero-order chi connectivity index (χ0) is 25.8. The van der Waals surface area contributed by atoms with E-state index in [1.54, 1.807) is 36.4 Å². The number of hydrogen-bond acceptors (Lipinski definition) is 5. The number of hydrogen-bond donors (Lipinski definition) is 2. The molecule has 0 amide bonds. The zero-order valence-electron chi connectivity index (χ0n) is 19.6. The Bertz CT molecular complexity index is 1530. The Morgan fingerprint density at radius 2 is 1.49 bits per heavy atom. The van der Waals surface area contributed by atoms with Crippen LogP contribution in [0.4, 0.5) is 11.4 Å². The van der Waals surface area contributed by atoms with Gasteiger partial charge in [-0.05, 0) is 71.9 Å². The fourth-order valence-corrected chi connectivity index (χ4v) is 5.76. The van der Waals surface area contributed by atoms with Crippen LogP contribution in [0.25, 0.3) is 0 Å². The van der Waals surface area contributed by atoms with Gasteiger partial charge in [-0.1, -0.05) is 76.6 Å². The van der Waals surface area contributed by atoms with Crippen LogP contribution in [0, 0.1) is 0 Å². The quantitative estimate of drug-likeness (QED) is 0.251. The standard InChI is InChI=1S/C28H23BrN4O2S2/c29-22-13-11-20(12-14-22)26-19-27(21-7-3-1-4-8-21)33(31-26)24-15-17-25(18-16-24)37(34,35)32-28(36)30-23-9-5-2-6-10-23/h1-18,27H,19H2,(H2,30,32,36). The summed E-state index contributed by atoms with van der Waals surface area (Å²) in [5.41, 5.74) is 4.65. The van der Waals surface area contributed by atoms with Gasteiger partial charge < -0.3 is 5.32 Å². The summed E-state index contributed by atoms with van der Waals surface area (Å²) in [6, 6.07) is 34.1. The number of rotatable bonds is 6. The van der Waals surface area contributed by atoms with E-state index >= 15 is 0 Å². The number of thiocarbonyl (C=S) groups is 1. The number of nitrogens with one attached hydrogen (secondary N) is 2. The van der Waals surface area contributed by atoms with Crippen LogP contribution in [-0.4, -0.2) is 19.2 Å². The van der Waals surface area contributed by atoms with Gasteiger partial charge in [-0.15, -0.1) is 0 Å². The highest BCUT2D eigenvalue weighted by Crippen LogP contribution is 2.37. The van der Waals surface area contributed by atoms with Crippen LogP contribution in [0.5, 0.6) is 0 Å². The van der Waals surface area contributed by atoms with Crippen molar-refractivity contribution in [3.05, 3.63) is 125 Å². The Labute approximate surface area is 230 Å². The summed E-state index contributed by atoms with van der Waals surface area (Å²) in [5.74, 6) is 0. The molecule has 0 spiro atoms. The number of para-hydroxylation sites is 1. The lowest BCUT2D eigenvalue weighted by Crippen LogP contribution is -2.34. The number of sulfonamides is 1. The SMILES string of the molecule is O=S(=O)(NC(=S)Nc1ccccc1)c1ccc(N2N=C(c3ccc(Br)cc3)CC2c2ccccc2)cc1. The smallest absolute Gasteiger partial charge is 0.263 e. The number of nitrogens with zero attached hydrogens (tertiary/aromatic N) is 2. The van der Waals surface area contributed by atoms with E-state index in [0.29, 0.717) is 5.69 Å². The van der Waals surface area contributed by atoms with Crippen LogP contribution in [0.1, 0.15) is 23.6 Å². The molecule has 1 heterocycles. The second-order valence-electron chi connectivity index (χ2n) is 8.45. The largest absolute Gasteiger partial charge is 0.332 e. The van der Waals surface area contributed by atoms with Crippen molar-refractivity contribution in [2.45, 2.75) is 17.4 Å². The summed E-state index contributed by atoms with van der Waals surface area (Å²) in [7, 11) is -3.86. The topological polar surface area (TPSA) is 73.8 Å². The average Bonchev–Trinajstić information content (AvgIpc) is 3.35. The second kappa shape index (κ2) is 10.8. The highest BCUT2D eigenvalue weighted by molar-refractivity contribution is 9.10. The minimum Gasteiger partial charge on any atom is -0.332 e. The Morgan fingerprint density at radius 3 is 2.14 bits per heavy atom. The molecule has 1 atom stereocenters. The van der Waals surface area contributed by atoms with Crippen molar-refractivity contribution in [1.82, 2.24) is 4.72 Å². The lowest BCUT2D eigenvalue weighted by molar-refractivity contribution is 0.593. The maximum Gasteiger partial charge on any atom is 0.263 e. The van der Waals surface area contributed by atoms with Crippen molar-refractivity contribution in [3.63, 3.8) is 0 Å². The van der Waals surface area contributed by atoms with Crippen LogP contribution in [0.2, 0.25) is 0 Å². The predicted octanol–water partition coefficient (Wildman–Crippen LogP) is 6.48. The fourth-order valence-electron chi connectivity index (χ4n) is 4.14. The number of hydrazone groups is 1. The molecule has 1 aliphatic rings. The lowest BCUT2D eigenvalue weighted by Gasteiger charge is -2.24. The van der Waals surface area contributed by atoms with E-state index in [2.05, 4.69) is 38.1 Å². The van der Waals surface area contributed by atoms with E-state index in [-0.39, 0.29) is 16.0 Å². The van der Waals surface area contributed by atoms with Crippen LogP contribution in [-0.2, 0) is 10.0 Å². The third-order valence-electron chi connectivity index (χ3n) is 5.94. The van der Waals surface area contributed by atoms with E-state index in [9.17, 15) is 8.42 Å². The zero-order valence-corrected chi connectivity index (χ0v) is 22.8. The van der Waals surface area contributed by atoms with Crippen LogP contribution in [0.3, 0.4) is 0 Å². The Balaban J connectivity index is 1.39. The summed E-state index contributed by atoms with van der Waals surface area (Å²) < 4.78 is 29.3. The first-order valence-corrected chi connectivity index (χ1v) is 14.2. The first kappa shape index (κ1) is 25.1. The van der Waals surface area contributed by atoms with Crippen LogP contribution in [0.15, 0.2) is 124 Å². The van der Waals surface area contributed by atoms with Gasteiger partial charge in [0.25, 0.3) is 10.0 Å². The normalized spacial score (nSPS) is 15.2. The molecule has 0 saturated carbocycles. The average molecular weight is 592 g/mol. The Kier molecular flexibility index (Phi) is 7.36. The van der Waals surface area contributed by atoms with Gasteiger partial charge in [0.15, 0.2) is 5.11 Å².